The molecule has 0 spiro atoms. The monoisotopic (exact) mass is 354 g/mol. The summed E-state index contributed by atoms with van der Waals surface area (Å²) < 4.78 is 5.87. The number of nitrogens with two attached hydrogens (primary N) is 1. The minimum Gasteiger partial charge on any atom is -0.481 e. The topological polar surface area (TPSA) is 110 Å². The number of hydrogen-bond acceptors (Lipinski definition) is 5. The van der Waals surface area contributed by atoms with Crippen molar-refractivity contribution >= 4 is 17.8 Å². The summed E-state index contributed by atoms with van der Waals surface area (Å²) in [7, 11) is 1.45. The summed E-state index contributed by atoms with van der Waals surface area (Å²) in [5.41, 5.74) is 5.52. The summed E-state index contributed by atoms with van der Waals surface area (Å²) in [6.45, 7) is 8.03. The van der Waals surface area contributed by atoms with Gasteiger partial charge >= 0.3 is 11.9 Å². The number of amides is 1. The van der Waals surface area contributed by atoms with E-state index in [0.717, 1.165) is 19.3 Å². The molecule has 0 aromatic carbocycles. The van der Waals surface area contributed by atoms with Crippen molar-refractivity contribution in [3.63, 3.8) is 0 Å². The maximum atomic E-state index is 12.6. The quantitative estimate of drug-likeness (QED) is 0.698. The molecular formula is C18H30N2O5. The van der Waals surface area contributed by atoms with Crippen molar-refractivity contribution in [1.29, 1.82) is 0 Å². The van der Waals surface area contributed by atoms with Gasteiger partial charge in [0.1, 0.15) is 12.1 Å². The van der Waals surface area contributed by atoms with Gasteiger partial charge in [-0.15, -0.1) is 0 Å². The van der Waals surface area contributed by atoms with Crippen molar-refractivity contribution in [3.05, 3.63) is 0 Å². The van der Waals surface area contributed by atoms with Crippen molar-refractivity contribution in [2.45, 2.75) is 71.6 Å². The molecule has 7 heteroatoms. The number of carbonyl (C=O) groups excluding carboxylic acids is 2. The zero-order chi connectivity index (χ0) is 19.2. The van der Waals surface area contributed by atoms with Gasteiger partial charge < -0.3 is 20.5 Å². The van der Waals surface area contributed by atoms with Crippen molar-refractivity contribution in [2.24, 2.45) is 22.5 Å². The Morgan fingerprint density at radius 2 is 1.92 bits per heavy atom. The SMILES string of the molecule is C[C@@H](C(=O)OC1C2(C)CCC(C2)C1(C)C)N(C)C(=O)[C@@H](N)CC(=O)O. The van der Waals surface area contributed by atoms with Gasteiger partial charge in [-0.05, 0) is 32.1 Å². The molecule has 3 unspecified atom stereocenters. The van der Waals surface area contributed by atoms with Crippen LogP contribution in [0.3, 0.4) is 0 Å². The van der Waals surface area contributed by atoms with Gasteiger partial charge in [0, 0.05) is 17.9 Å². The molecule has 2 saturated carbocycles. The Hall–Kier alpha value is -1.63. The highest BCUT2D eigenvalue weighted by atomic mass is 16.5. The summed E-state index contributed by atoms with van der Waals surface area (Å²) >= 11 is 0. The highest BCUT2D eigenvalue weighted by Gasteiger charge is 2.61. The van der Waals surface area contributed by atoms with E-state index in [1.54, 1.807) is 6.92 Å². The first kappa shape index (κ1) is 19.7. The number of nitrogens with zero attached hydrogens (tertiary/aromatic N) is 1. The lowest BCUT2D eigenvalue weighted by Crippen LogP contribution is -2.51. The molecule has 0 aromatic heterocycles. The summed E-state index contributed by atoms with van der Waals surface area (Å²) in [5.74, 6) is -1.65. The van der Waals surface area contributed by atoms with Crippen LogP contribution in [0.25, 0.3) is 0 Å². The van der Waals surface area contributed by atoms with Crippen LogP contribution in [0.1, 0.15) is 53.4 Å². The molecule has 3 N–H and O–H groups in total. The summed E-state index contributed by atoms with van der Waals surface area (Å²) in [6, 6.07) is -1.99. The fourth-order valence-corrected chi connectivity index (χ4v) is 4.65. The number of hydrogen-bond donors (Lipinski definition) is 2. The molecule has 0 aliphatic heterocycles. The fraction of sp³-hybridized carbons (Fsp3) is 0.833. The van der Waals surface area contributed by atoms with Crippen LogP contribution in [-0.4, -0.2) is 53.1 Å². The number of esters is 1. The number of rotatable bonds is 6. The number of carbonyl (C=O) groups is 3. The van der Waals surface area contributed by atoms with Gasteiger partial charge in [0.25, 0.3) is 0 Å². The summed E-state index contributed by atoms with van der Waals surface area (Å²) in [5, 5.41) is 8.76. The van der Waals surface area contributed by atoms with Gasteiger partial charge in [0.15, 0.2) is 0 Å². The highest BCUT2D eigenvalue weighted by Crippen LogP contribution is 2.63. The molecule has 25 heavy (non-hydrogen) atoms. The van der Waals surface area contributed by atoms with Crippen LogP contribution in [0.4, 0.5) is 0 Å². The average Bonchev–Trinajstić information content (AvgIpc) is 2.99. The van der Waals surface area contributed by atoms with E-state index in [4.69, 9.17) is 15.6 Å². The summed E-state index contributed by atoms with van der Waals surface area (Å²) in [4.78, 5) is 36.7. The molecule has 7 nitrogen and oxygen atoms in total. The zero-order valence-corrected chi connectivity index (χ0v) is 15.7. The van der Waals surface area contributed by atoms with Crippen molar-refractivity contribution < 1.29 is 24.2 Å². The molecule has 2 bridgehead atoms. The van der Waals surface area contributed by atoms with Crippen LogP contribution in [-0.2, 0) is 19.1 Å². The van der Waals surface area contributed by atoms with E-state index in [1.165, 1.54) is 11.9 Å². The lowest BCUT2D eigenvalue weighted by molar-refractivity contribution is -0.171. The minimum absolute atomic E-state index is 0.00810. The maximum absolute atomic E-state index is 12.6. The van der Waals surface area contributed by atoms with E-state index in [9.17, 15) is 14.4 Å². The first-order chi connectivity index (χ1) is 11.4. The molecular weight excluding hydrogens is 324 g/mol. The standard InChI is InChI=1S/C18H30N2O5/c1-10(20(5)14(23)12(19)8-13(21)22)15(24)25-16-17(2,3)11-6-7-18(16,4)9-11/h10-12,16H,6-9,19H2,1-5H3,(H,21,22)/t10-,11?,12-,16?,18?/m0/s1. The third kappa shape index (κ3) is 3.52. The Morgan fingerprint density at radius 1 is 1.32 bits per heavy atom. The predicted molar refractivity (Wildman–Crippen MR) is 91.6 cm³/mol. The van der Waals surface area contributed by atoms with E-state index in [1.807, 2.05) is 0 Å². The van der Waals surface area contributed by atoms with Crippen LogP contribution < -0.4 is 5.73 Å². The predicted octanol–water partition coefficient (Wildman–Crippen LogP) is 1.39. The molecule has 0 radical (unpaired) electrons. The molecule has 1 amide bonds. The van der Waals surface area contributed by atoms with Crippen LogP contribution in [0.2, 0.25) is 0 Å². The van der Waals surface area contributed by atoms with Gasteiger partial charge in [0.05, 0.1) is 12.5 Å². The van der Waals surface area contributed by atoms with E-state index in [-0.39, 0.29) is 16.9 Å². The number of aliphatic carboxylic acids is 1. The first-order valence-corrected chi connectivity index (χ1v) is 8.84. The molecule has 5 atom stereocenters. The van der Waals surface area contributed by atoms with Crippen LogP contribution in [0.15, 0.2) is 0 Å². The molecule has 0 saturated heterocycles. The van der Waals surface area contributed by atoms with Gasteiger partial charge in [-0.2, -0.15) is 0 Å². The van der Waals surface area contributed by atoms with Crippen molar-refractivity contribution in [2.75, 3.05) is 7.05 Å². The van der Waals surface area contributed by atoms with Crippen molar-refractivity contribution in [1.82, 2.24) is 4.90 Å². The Balaban J connectivity index is 2.03. The maximum Gasteiger partial charge on any atom is 0.328 e. The molecule has 2 aliphatic carbocycles. The lowest BCUT2D eigenvalue weighted by atomic mass is 9.70. The fourth-order valence-electron chi connectivity index (χ4n) is 4.65. The Labute approximate surface area is 148 Å². The number of ether oxygens (including phenoxy) is 1. The van der Waals surface area contributed by atoms with Gasteiger partial charge in [-0.3, -0.25) is 9.59 Å². The smallest absolute Gasteiger partial charge is 0.328 e. The molecule has 0 heterocycles. The van der Waals surface area contributed by atoms with E-state index < -0.39 is 36.4 Å². The largest absolute Gasteiger partial charge is 0.481 e. The Morgan fingerprint density at radius 3 is 2.40 bits per heavy atom. The van der Waals surface area contributed by atoms with Crippen LogP contribution >= 0.6 is 0 Å². The molecule has 142 valence electrons. The Kier molecular flexibility index (Phi) is 5.19. The zero-order valence-electron chi connectivity index (χ0n) is 15.7. The minimum atomic E-state index is -1.17. The third-order valence-corrected chi connectivity index (χ3v) is 6.35. The second-order valence-corrected chi connectivity index (χ2v) is 8.56. The van der Waals surface area contributed by atoms with E-state index in [0.29, 0.717) is 5.92 Å². The summed E-state index contributed by atoms with van der Waals surface area (Å²) in [6.07, 6.45) is 2.62. The third-order valence-electron chi connectivity index (χ3n) is 6.35. The lowest BCUT2D eigenvalue weighted by Gasteiger charge is -2.42. The van der Waals surface area contributed by atoms with Gasteiger partial charge in [0.2, 0.25) is 5.91 Å². The van der Waals surface area contributed by atoms with E-state index in [2.05, 4.69) is 20.8 Å². The average molecular weight is 354 g/mol. The second-order valence-electron chi connectivity index (χ2n) is 8.56. The Bertz CT molecular complexity index is 571. The molecule has 2 rings (SSSR count). The second kappa shape index (κ2) is 6.59. The van der Waals surface area contributed by atoms with Gasteiger partial charge in [-0.25, -0.2) is 4.79 Å². The number of carboxylic acids is 1. The number of carboxylic acid groups (broad SMARTS) is 1. The van der Waals surface area contributed by atoms with Crippen LogP contribution in [0.5, 0.6) is 0 Å². The first-order valence-electron chi connectivity index (χ1n) is 8.84. The normalized spacial score (nSPS) is 32.1. The van der Waals surface area contributed by atoms with Crippen molar-refractivity contribution in [3.8, 4) is 0 Å². The number of fused-ring (bicyclic) bond motifs is 2. The highest BCUT2D eigenvalue weighted by molar-refractivity contribution is 5.89. The molecule has 2 aliphatic rings. The molecule has 0 aromatic rings. The number of likely N-dealkylation sites (N-methyl/N-ethyl adjacent to an activating group) is 1. The van der Waals surface area contributed by atoms with Crippen LogP contribution in [0, 0.1) is 16.7 Å². The van der Waals surface area contributed by atoms with E-state index >= 15 is 0 Å². The van der Waals surface area contributed by atoms with Gasteiger partial charge in [-0.1, -0.05) is 20.8 Å². The molecule has 2 fully saturated rings.